The van der Waals surface area contributed by atoms with Crippen molar-refractivity contribution in [1.82, 2.24) is 29.3 Å². The lowest BCUT2D eigenvalue weighted by Crippen LogP contribution is -2.47. The smallest absolute Gasteiger partial charge is 0.395 e. The summed E-state index contributed by atoms with van der Waals surface area (Å²) >= 11 is 0. The third-order valence-electron chi connectivity index (χ3n) is 6.83. The standard InChI is InChI=1S/C24H30F3N7O3/c25-24(26,27)18-3-1-2-17(10-18)11-32-12-19(14-36)37-20(13-32)34-16-30-21-22(28-15-29-23(21)34)33-6-4-31(5-7-33)8-9-35/h1-3,10,15-16,19-20,35-36H,4-9,11-14H2/t19-,20+/m0/s1. The van der Waals surface area contributed by atoms with E-state index in [9.17, 15) is 23.4 Å². The van der Waals surface area contributed by atoms with Gasteiger partial charge in [-0.2, -0.15) is 13.2 Å². The Morgan fingerprint density at radius 1 is 1.00 bits per heavy atom. The molecule has 10 nitrogen and oxygen atoms in total. The van der Waals surface area contributed by atoms with Gasteiger partial charge in [0.15, 0.2) is 17.0 Å². The van der Waals surface area contributed by atoms with Crippen LogP contribution in [0.5, 0.6) is 0 Å². The molecule has 0 spiro atoms. The molecular formula is C24H30F3N7O3. The van der Waals surface area contributed by atoms with E-state index >= 15 is 0 Å². The van der Waals surface area contributed by atoms with Gasteiger partial charge in [0.1, 0.15) is 12.6 Å². The number of alkyl halides is 3. The monoisotopic (exact) mass is 521 g/mol. The Morgan fingerprint density at radius 3 is 2.54 bits per heavy atom. The number of fused-ring (bicyclic) bond motifs is 1. The molecule has 2 fully saturated rings. The highest BCUT2D eigenvalue weighted by atomic mass is 19.4. The van der Waals surface area contributed by atoms with Crippen LogP contribution < -0.4 is 4.90 Å². The molecule has 2 aromatic heterocycles. The third-order valence-corrected chi connectivity index (χ3v) is 6.83. The molecule has 200 valence electrons. The number of aliphatic hydroxyl groups is 2. The van der Waals surface area contributed by atoms with Crippen molar-refractivity contribution in [3.63, 3.8) is 0 Å². The number of aromatic nitrogens is 4. The zero-order chi connectivity index (χ0) is 26.0. The van der Waals surface area contributed by atoms with Crippen LogP contribution in [-0.4, -0.2) is 105 Å². The third kappa shape index (κ3) is 5.70. The van der Waals surface area contributed by atoms with Gasteiger partial charge in [-0.15, -0.1) is 0 Å². The minimum atomic E-state index is -4.41. The normalized spacial score (nSPS) is 22.1. The first-order chi connectivity index (χ1) is 17.9. The zero-order valence-corrected chi connectivity index (χ0v) is 20.3. The average molecular weight is 522 g/mol. The van der Waals surface area contributed by atoms with Crippen LogP contribution in [0.15, 0.2) is 36.9 Å². The number of β-amino-alcohol motifs (C(OH)–C–C–N with tert-alkyl or cyclic N) is 1. The van der Waals surface area contributed by atoms with Gasteiger partial charge in [-0.1, -0.05) is 18.2 Å². The van der Waals surface area contributed by atoms with Crippen LogP contribution in [0.3, 0.4) is 0 Å². The van der Waals surface area contributed by atoms with Crippen LogP contribution in [0.4, 0.5) is 19.0 Å². The number of hydrogen-bond donors (Lipinski definition) is 2. The van der Waals surface area contributed by atoms with Gasteiger partial charge in [0.25, 0.3) is 0 Å². The van der Waals surface area contributed by atoms with Crippen molar-refractivity contribution in [1.29, 1.82) is 0 Å². The van der Waals surface area contributed by atoms with E-state index in [1.54, 1.807) is 17.0 Å². The summed E-state index contributed by atoms with van der Waals surface area (Å²) in [5.74, 6) is 0.725. The summed E-state index contributed by atoms with van der Waals surface area (Å²) in [4.78, 5) is 19.8. The molecule has 0 radical (unpaired) electrons. The Morgan fingerprint density at radius 2 is 1.81 bits per heavy atom. The Bertz CT molecular complexity index is 1200. The van der Waals surface area contributed by atoms with Gasteiger partial charge in [-0.25, -0.2) is 15.0 Å². The van der Waals surface area contributed by atoms with Crippen LogP contribution in [0.2, 0.25) is 0 Å². The molecule has 2 saturated heterocycles. The average Bonchev–Trinajstić information content (AvgIpc) is 3.33. The summed E-state index contributed by atoms with van der Waals surface area (Å²) in [6.45, 7) is 4.71. The molecule has 2 N–H and O–H groups in total. The highest BCUT2D eigenvalue weighted by Gasteiger charge is 2.33. The van der Waals surface area contributed by atoms with Gasteiger partial charge >= 0.3 is 6.18 Å². The van der Waals surface area contributed by atoms with Crippen LogP contribution in [-0.2, 0) is 17.5 Å². The molecule has 13 heteroatoms. The maximum Gasteiger partial charge on any atom is 0.416 e. The maximum atomic E-state index is 13.2. The molecule has 37 heavy (non-hydrogen) atoms. The van der Waals surface area contributed by atoms with Crippen molar-refractivity contribution in [2.24, 2.45) is 0 Å². The second kappa shape index (κ2) is 10.9. The van der Waals surface area contributed by atoms with Gasteiger partial charge in [0.2, 0.25) is 0 Å². The Hall–Kier alpha value is -2.84. The Balaban J connectivity index is 1.35. The van der Waals surface area contributed by atoms with Gasteiger partial charge < -0.3 is 19.8 Å². The lowest BCUT2D eigenvalue weighted by Gasteiger charge is -2.38. The van der Waals surface area contributed by atoms with Gasteiger partial charge in [-0.3, -0.25) is 14.4 Å². The molecule has 0 aliphatic carbocycles. The van der Waals surface area contributed by atoms with E-state index in [0.717, 1.165) is 44.1 Å². The fraction of sp³-hybridized carbons (Fsp3) is 0.542. The maximum absolute atomic E-state index is 13.2. The number of morpholine rings is 1. The molecule has 2 aliphatic rings. The lowest BCUT2D eigenvalue weighted by molar-refractivity contribution is -0.138. The van der Waals surface area contributed by atoms with E-state index in [1.807, 2.05) is 4.90 Å². The number of halogens is 3. The fourth-order valence-corrected chi connectivity index (χ4v) is 4.99. The highest BCUT2D eigenvalue weighted by molar-refractivity contribution is 5.83. The number of ether oxygens (including phenoxy) is 1. The van der Waals surface area contributed by atoms with E-state index in [2.05, 4.69) is 24.8 Å². The summed E-state index contributed by atoms with van der Waals surface area (Å²) in [6, 6.07) is 5.29. The number of benzene rings is 1. The van der Waals surface area contributed by atoms with E-state index in [1.165, 1.54) is 12.4 Å². The van der Waals surface area contributed by atoms with Crippen LogP contribution in [0, 0.1) is 0 Å². The molecule has 3 aromatic rings. The molecule has 0 bridgehead atoms. The number of imidazole rings is 1. The second-order valence-electron chi connectivity index (χ2n) is 9.36. The summed E-state index contributed by atoms with van der Waals surface area (Å²) in [6.07, 6.45) is -2.33. The van der Waals surface area contributed by atoms with Gasteiger partial charge in [-0.05, 0) is 11.6 Å². The molecule has 0 saturated carbocycles. The highest BCUT2D eigenvalue weighted by Crippen LogP contribution is 2.31. The second-order valence-corrected chi connectivity index (χ2v) is 9.36. The minimum Gasteiger partial charge on any atom is -0.395 e. The number of rotatable bonds is 7. The molecule has 0 amide bonds. The molecule has 5 rings (SSSR count). The quantitative estimate of drug-likeness (QED) is 0.477. The molecule has 2 atom stereocenters. The molecule has 4 heterocycles. The topological polar surface area (TPSA) is 103 Å². The molecular weight excluding hydrogens is 491 g/mol. The Labute approximate surface area is 211 Å². The summed E-state index contributed by atoms with van der Waals surface area (Å²) < 4.78 is 47.4. The number of anilines is 1. The molecule has 1 aromatic carbocycles. The van der Waals surface area contributed by atoms with Gasteiger partial charge in [0, 0.05) is 52.4 Å². The lowest BCUT2D eigenvalue weighted by atomic mass is 10.1. The minimum absolute atomic E-state index is 0.128. The number of nitrogens with zero attached hydrogens (tertiary/aromatic N) is 7. The van der Waals surface area contributed by atoms with Crippen molar-refractivity contribution in [2.45, 2.75) is 25.1 Å². The first-order valence-corrected chi connectivity index (χ1v) is 12.3. The summed E-state index contributed by atoms with van der Waals surface area (Å²) in [7, 11) is 0. The molecule has 2 aliphatic heterocycles. The summed E-state index contributed by atoms with van der Waals surface area (Å²) in [5, 5.41) is 19.0. The molecule has 0 unspecified atom stereocenters. The van der Waals surface area contributed by atoms with E-state index in [-0.39, 0.29) is 19.8 Å². The zero-order valence-electron chi connectivity index (χ0n) is 20.3. The summed E-state index contributed by atoms with van der Waals surface area (Å²) in [5.41, 5.74) is 1.07. The predicted octanol–water partition coefficient (Wildman–Crippen LogP) is 1.35. The van der Waals surface area contributed by atoms with E-state index in [0.29, 0.717) is 36.4 Å². The van der Waals surface area contributed by atoms with E-state index in [4.69, 9.17) is 4.74 Å². The van der Waals surface area contributed by atoms with Crippen molar-refractivity contribution in [3.05, 3.63) is 48.0 Å². The number of aliphatic hydroxyl groups excluding tert-OH is 2. The van der Waals surface area contributed by atoms with Crippen molar-refractivity contribution in [3.8, 4) is 0 Å². The van der Waals surface area contributed by atoms with Crippen molar-refractivity contribution in [2.75, 3.05) is 63.9 Å². The van der Waals surface area contributed by atoms with E-state index < -0.39 is 24.1 Å². The number of hydrogen-bond acceptors (Lipinski definition) is 9. The van der Waals surface area contributed by atoms with Crippen molar-refractivity contribution >= 4 is 17.0 Å². The van der Waals surface area contributed by atoms with Crippen LogP contribution >= 0.6 is 0 Å². The van der Waals surface area contributed by atoms with Gasteiger partial charge in [0.05, 0.1) is 31.2 Å². The largest absolute Gasteiger partial charge is 0.416 e. The predicted molar refractivity (Wildman–Crippen MR) is 129 cm³/mol. The SMILES string of the molecule is OCCN1CCN(c2ncnc3c2ncn3[C@H]2CN(Cc3cccc(C(F)(F)F)c3)C[C@@H](CO)O2)CC1. The first kappa shape index (κ1) is 25.8. The van der Waals surface area contributed by atoms with Crippen LogP contribution in [0.1, 0.15) is 17.4 Å². The Kier molecular flexibility index (Phi) is 7.58. The first-order valence-electron chi connectivity index (χ1n) is 12.3. The van der Waals surface area contributed by atoms with Crippen LogP contribution in [0.25, 0.3) is 11.2 Å². The van der Waals surface area contributed by atoms with Crippen molar-refractivity contribution < 1.29 is 28.1 Å². The fourth-order valence-electron chi connectivity index (χ4n) is 4.99. The number of piperazine rings is 1.